The lowest BCUT2D eigenvalue weighted by atomic mass is 10.0. The summed E-state index contributed by atoms with van der Waals surface area (Å²) in [6.07, 6.45) is 22.2. The average Bonchev–Trinajstić information content (AvgIpc) is 3.30. The van der Waals surface area contributed by atoms with Crippen LogP contribution in [0.1, 0.15) is 96.3 Å². The fraction of sp³-hybridized carbons (Fsp3) is 1.00. The van der Waals surface area contributed by atoms with Crippen LogP contribution >= 0.6 is 0 Å². The van der Waals surface area contributed by atoms with Crippen LogP contribution < -0.4 is 0 Å². The molecule has 0 spiro atoms. The SMILES string of the molecule is CN(C)CCCCCCCCCCCCCCCCC1CO1. The van der Waals surface area contributed by atoms with Crippen LogP contribution in [0.15, 0.2) is 0 Å². The van der Waals surface area contributed by atoms with E-state index in [4.69, 9.17) is 4.74 Å². The van der Waals surface area contributed by atoms with Crippen molar-refractivity contribution >= 4 is 0 Å². The molecule has 1 unspecified atom stereocenters. The molecule has 1 rings (SSSR count). The molecule has 1 saturated heterocycles. The van der Waals surface area contributed by atoms with Gasteiger partial charge in [-0.3, -0.25) is 0 Å². The van der Waals surface area contributed by atoms with Crippen molar-refractivity contribution in [3.05, 3.63) is 0 Å². The van der Waals surface area contributed by atoms with Crippen molar-refractivity contribution in [2.45, 2.75) is 102 Å². The van der Waals surface area contributed by atoms with E-state index in [0.717, 1.165) is 6.61 Å². The molecule has 0 bridgehead atoms. The van der Waals surface area contributed by atoms with E-state index in [1.165, 1.54) is 103 Å². The summed E-state index contributed by atoms with van der Waals surface area (Å²) in [5, 5.41) is 0. The zero-order chi connectivity index (χ0) is 15.9. The maximum Gasteiger partial charge on any atom is 0.0810 e. The van der Waals surface area contributed by atoms with Crippen molar-refractivity contribution < 1.29 is 4.74 Å². The summed E-state index contributed by atoms with van der Waals surface area (Å²) in [6.45, 7) is 2.30. The van der Waals surface area contributed by atoms with E-state index >= 15 is 0 Å². The van der Waals surface area contributed by atoms with Gasteiger partial charge in [-0.2, -0.15) is 0 Å². The van der Waals surface area contributed by atoms with Crippen molar-refractivity contribution in [1.82, 2.24) is 4.90 Å². The molecular weight excluding hydrogens is 270 g/mol. The van der Waals surface area contributed by atoms with Crippen molar-refractivity contribution in [3.63, 3.8) is 0 Å². The predicted molar refractivity (Wildman–Crippen MR) is 97.5 cm³/mol. The molecule has 0 aromatic rings. The van der Waals surface area contributed by atoms with Gasteiger partial charge in [-0.25, -0.2) is 0 Å². The van der Waals surface area contributed by atoms with Crippen molar-refractivity contribution in [3.8, 4) is 0 Å². The highest BCUT2D eigenvalue weighted by Crippen LogP contribution is 2.18. The van der Waals surface area contributed by atoms with E-state index in [1.54, 1.807) is 0 Å². The maximum atomic E-state index is 5.24. The smallest absolute Gasteiger partial charge is 0.0810 e. The highest BCUT2D eigenvalue weighted by molar-refractivity contribution is 4.68. The predicted octanol–water partition coefficient (Wildman–Crippen LogP) is 5.80. The van der Waals surface area contributed by atoms with Gasteiger partial charge in [0.1, 0.15) is 0 Å². The molecule has 132 valence electrons. The van der Waals surface area contributed by atoms with E-state index in [0.29, 0.717) is 6.10 Å². The van der Waals surface area contributed by atoms with Gasteiger partial charge in [0.05, 0.1) is 12.7 Å². The Morgan fingerprint density at radius 2 is 1.00 bits per heavy atom. The molecule has 0 radical (unpaired) electrons. The van der Waals surface area contributed by atoms with E-state index in [-0.39, 0.29) is 0 Å². The first-order valence-corrected chi connectivity index (χ1v) is 10.1. The van der Waals surface area contributed by atoms with E-state index < -0.39 is 0 Å². The summed E-state index contributed by atoms with van der Waals surface area (Å²) in [5.41, 5.74) is 0. The molecule has 0 aliphatic carbocycles. The minimum atomic E-state index is 0.646. The molecule has 22 heavy (non-hydrogen) atoms. The van der Waals surface area contributed by atoms with Crippen molar-refractivity contribution in [2.24, 2.45) is 0 Å². The second kappa shape index (κ2) is 14.5. The van der Waals surface area contributed by atoms with Crippen molar-refractivity contribution in [1.29, 1.82) is 0 Å². The van der Waals surface area contributed by atoms with Gasteiger partial charge in [-0.05, 0) is 33.5 Å². The molecule has 0 amide bonds. The zero-order valence-corrected chi connectivity index (χ0v) is 15.5. The van der Waals surface area contributed by atoms with Crippen LogP contribution in [0.2, 0.25) is 0 Å². The highest BCUT2D eigenvalue weighted by atomic mass is 16.6. The molecule has 0 saturated carbocycles. The summed E-state index contributed by atoms with van der Waals surface area (Å²) >= 11 is 0. The summed E-state index contributed by atoms with van der Waals surface area (Å²) in [5.74, 6) is 0. The maximum absolute atomic E-state index is 5.24. The molecule has 0 N–H and O–H groups in total. The van der Waals surface area contributed by atoms with Crippen LogP contribution in [-0.2, 0) is 4.74 Å². The lowest BCUT2D eigenvalue weighted by molar-refractivity contribution is 0.387. The third-order valence-corrected chi connectivity index (χ3v) is 4.78. The Morgan fingerprint density at radius 3 is 1.36 bits per heavy atom. The van der Waals surface area contributed by atoms with Crippen LogP contribution in [0.4, 0.5) is 0 Å². The number of rotatable bonds is 17. The molecule has 2 nitrogen and oxygen atoms in total. The average molecular weight is 312 g/mol. The standard InChI is InChI=1S/C20H41NO/c1-21(2)18-16-14-12-10-8-6-4-3-5-7-9-11-13-15-17-20-19-22-20/h20H,3-19H2,1-2H3. The summed E-state index contributed by atoms with van der Waals surface area (Å²) < 4.78 is 5.24. The number of unbranched alkanes of at least 4 members (excludes halogenated alkanes) is 13. The molecule has 1 heterocycles. The Kier molecular flexibility index (Phi) is 13.2. The topological polar surface area (TPSA) is 15.8 Å². The van der Waals surface area contributed by atoms with Gasteiger partial charge < -0.3 is 9.64 Å². The first kappa shape index (κ1) is 20.0. The third-order valence-electron chi connectivity index (χ3n) is 4.78. The molecule has 1 aliphatic heterocycles. The minimum absolute atomic E-state index is 0.646. The molecule has 0 aromatic heterocycles. The molecule has 1 fully saturated rings. The number of epoxide rings is 1. The van der Waals surface area contributed by atoms with Crippen LogP contribution in [0.25, 0.3) is 0 Å². The Balaban J connectivity index is 1.61. The second-order valence-electron chi connectivity index (χ2n) is 7.50. The molecular formula is C20H41NO. The first-order valence-electron chi connectivity index (χ1n) is 10.1. The molecule has 1 atom stereocenters. The zero-order valence-electron chi connectivity index (χ0n) is 15.5. The van der Waals surface area contributed by atoms with Gasteiger partial charge in [0.2, 0.25) is 0 Å². The summed E-state index contributed by atoms with van der Waals surface area (Å²) in [7, 11) is 4.34. The molecule has 2 heteroatoms. The number of hydrogen-bond acceptors (Lipinski definition) is 2. The van der Waals surface area contributed by atoms with Crippen LogP contribution in [-0.4, -0.2) is 38.3 Å². The number of nitrogens with zero attached hydrogens (tertiary/aromatic N) is 1. The van der Waals surface area contributed by atoms with Gasteiger partial charge in [-0.15, -0.1) is 0 Å². The van der Waals surface area contributed by atoms with Gasteiger partial charge >= 0.3 is 0 Å². The lowest BCUT2D eigenvalue weighted by Gasteiger charge is -2.08. The Hall–Kier alpha value is -0.0800. The highest BCUT2D eigenvalue weighted by Gasteiger charge is 2.20. The fourth-order valence-electron chi connectivity index (χ4n) is 3.16. The summed E-state index contributed by atoms with van der Waals surface area (Å²) in [6, 6.07) is 0. The Morgan fingerprint density at radius 1 is 0.636 bits per heavy atom. The lowest BCUT2D eigenvalue weighted by Crippen LogP contribution is -2.12. The van der Waals surface area contributed by atoms with Gasteiger partial charge in [-0.1, -0.05) is 83.5 Å². The first-order chi connectivity index (χ1) is 10.8. The Bertz CT molecular complexity index is 210. The fourth-order valence-corrected chi connectivity index (χ4v) is 3.16. The number of ether oxygens (including phenoxy) is 1. The van der Waals surface area contributed by atoms with Crippen LogP contribution in [0.3, 0.4) is 0 Å². The van der Waals surface area contributed by atoms with E-state index in [9.17, 15) is 0 Å². The molecule has 1 aliphatic rings. The van der Waals surface area contributed by atoms with Crippen molar-refractivity contribution in [2.75, 3.05) is 27.2 Å². The van der Waals surface area contributed by atoms with Gasteiger partial charge in [0.25, 0.3) is 0 Å². The third kappa shape index (κ3) is 14.8. The van der Waals surface area contributed by atoms with Crippen LogP contribution in [0, 0.1) is 0 Å². The molecule has 0 aromatic carbocycles. The quantitative estimate of drug-likeness (QED) is 0.249. The van der Waals surface area contributed by atoms with Gasteiger partial charge in [0.15, 0.2) is 0 Å². The van der Waals surface area contributed by atoms with Gasteiger partial charge in [0, 0.05) is 0 Å². The van der Waals surface area contributed by atoms with E-state index in [2.05, 4.69) is 19.0 Å². The van der Waals surface area contributed by atoms with E-state index in [1.807, 2.05) is 0 Å². The largest absolute Gasteiger partial charge is 0.373 e. The Labute approximate surface area is 140 Å². The van der Waals surface area contributed by atoms with Crippen LogP contribution in [0.5, 0.6) is 0 Å². The summed E-state index contributed by atoms with van der Waals surface area (Å²) in [4.78, 5) is 2.29. The number of hydrogen-bond donors (Lipinski definition) is 0. The normalized spacial score (nSPS) is 17.3. The monoisotopic (exact) mass is 311 g/mol. The second-order valence-corrected chi connectivity index (χ2v) is 7.50. The minimum Gasteiger partial charge on any atom is -0.373 e.